The zero-order valence-electron chi connectivity index (χ0n) is 14.5. The SMILES string of the molecule is CCN(CC)C(=O)c1ncnc(-c2ccccc2)c1-c1ccccc1. The highest BCUT2D eigenvalue weighted by atomic mass is 16.2. The summed E-state index contributed by atoms with van der Waals surface area (Å²) in [5.41, 5.74) is 3.92. The van der Waals surface area contributed by atoms with Crippen molar-refractivity contribution in [1.29, 1.82) is 0 Å². The van der Waals surface area contributed by atoms with Crippen LogP contribution in [0.25, 0.3) is 22.4 Å². The van der Waals surface area contributed by atoms with Gasteiger partial charge in [0.2, 0.25) is 0 Å². The molecule has 0 unspecified atom stereocenters. The normalized spacial score (nSPS) is 10.5. The van der Waals surface area contributed by atoms with Crippen LogP contribution < -0.4 is 0 Å². The van der Waals surface area contributed by atoms with E-state index >= 15 is 0 Å². The minimum atomic E-state index is -0.0663. The third-order valence-electron chi connectivity index (χ3n) is 4.21. The molecular weight excluding hydrogens is 310 g/mol. The molecule has 1 aromatic heterocycles. The quantitative estimate of drug-likeness (QED) is 0.700. The van der Waals surface area contributed by atoms with Gasteiger partial charge in [-0.15, -0.1) is 0 Å². The molecule has 2 aromatic carbocycles. The predicted molar refractivity (Wildman–Crippen MR) is 100 cm³/mol. The minimum Gasteiger partial charge on any atom is -0.338 e. The van der Waals surface area contributed by atoms with Crippen LogP contribution >= 0.6 is 0 Å². The summed E-state index contributed by atoms with van der Waals surface area (Å²) in [4.78, 5) is 23.7. The Morgan fingerprint density at radius 1 is 0.840 bits per heavy atom. The van der Waals surface area contributed by atoms with Crippen molar-refractivity contribution in [2.24, 2.45) is 0 Å². The molecular formula is C21H21N3O. The molecule has 0 spiro atoms. The van der Waals surface area contributed by atoms with Crippen molar-refractivity contribution in [3.8, 4) is 22.4 Å². The number of hydrogen-bond donors (Lipinski definition) is 0. The van der Waals surface area contributed by atoms with Crippen molar-refractivity contribution < 1.29 is 4.79 Å². The van der Waals surface area contributed by atoms with E-state index in [0.717, 1.165) is 22.4 Å². The number of carbonyl (C=O) groups excluding carboxylic acids is 1. The summed E-state index contributed by atoms with van der Waals surface area (Å²) in [7, 11) is 0. The fourth-order valence-electron chi connectivity index (χ4n) is 2.90. The van der Waals surface area contributed by atoms with Gasteiger partial charge in [-0.3, -0.25) is 4.79 Å². The van der Waals surface area contributed by atoms with Gasteiger partial charge >= 0.3 is 0 Å². The van der Waals surface area contributed by atoms with E-state index in [0.29, 0.717) is 18.8 Å². The second-order valence-corrected chi connectivity index (χ2v) is 5.66. The summed E-state index contributed by atoms with van der Waals surface area (Å²) in [5, 5.41) is 0. The van der Waals surface area contributed by atoms with E-state index in [-0.39, 0.29) is 5.91 Å². The van der Waals surface area contributed by atoms with Gasteiger partial charge in [-0.25, -0.2) is 9.97 Å². The highest BCUT2D eigenvalue weighted by Gasteiger charge is 2.23. The zero-order valence-corrected chi connectivity index (χ0v) is 14.5. The van der Waals surface area contributed by atoms with Crippen molar-refractivity contribution >= 4 is 5.91 Å². The van der Waals surface area contributed by atoms with Crippen LogP contribution in [0.5, 0.6) is 0 Å². The number of hydrogen-bond acceptors (Lipinski definition) is 3. The van der Waals surface area contributed by atoms with Gasteiger partial charge in [-0.05, 0) is 19.4 Å². The minimum absolute atomic E-state index is 0.0663. The van der Waals surface area contributed by atoms with Crippen LogP contribution in [-0.2, 0) is 0 Å². The van der Waals surface area contributed by atoms with Crippen LogP contribution in [-0.4, -0.2) is 33.9 Å². The Labute approximate surface area is 148 Å². The molecule has 3 aromatic rings. The highest BCUT2D eigenvalue weighted by molar-refractivity contribution is 6.02. The molecule has 0 bridgehead atoms. The predicted octanol–water partition coefficient (Wildman–Crippen LogP) is 4.29. The third kappa shape index (κ3) is 3.43. The van der Waals surface area contributed by atoms with E-state index in [4.69, 9.17) is 0 Å². The Bertz CT molecular complexity index is 844. The van der Waals surface area contributed by atoms with E-state index in [1.807, 2.05) is 74.5 Å². The fourth-order valence-corrected chi connectivity index (χ4v) is 2.90. The maximum Gasteiger partial charge on any atom is 0.273 e. The first-order chi connectivity index (χ1) is 12.3. The van der Waals surface area contributed by atoms with Gasteiger partial charge in [-0.1, -0.05) is 60.7 Å². The maximum atomic E-state index is 13.0. The average molecular weight is 331 g/mol. The molecule has 25 heavy (non-hydrogen) atoms. The Morgan fingerprint density at radius 2 is 1.40 bits per heavy atom. The molecule has 4 nitrogen and oxygen atoms in total. The largest absolute Gasteiger partial charge is 0.338 e. The second kappa shape index (κ2) is 7.71. The van der Waals surface area contributed by atoms with Crippen LogP contribution in [0.2, 0.25) is 0 Å². The number of benzene rings is 2. The number of nitrogens with zero attached hydrogens (tertiary/aromatic N) is 3. The highest BCUT2D eigenvalue weighted by Crippen LogP contribution is 2.32. The standard InChI is InChI=1S/C21H21N3O/c1-3-24(4-2)21(25)20-18(16-11-7-5-8-12-16)19(22-15-23-20)17-13-9-6-10-14-17/h5-15H,3-4H2,1-2H3. The Morgan fingerprint density at radius 3 is 1.96 bits per heavy atom. The monoisotopic (exact) mass is 331 g/mol. The van der Waals surface area contributed by atoms with Crippen LogP contribution in [0.4, 0.5) is 0 Å². The molecule has 0 atom stereocenters. The van der Waals surface area contributed by atoms with Crippen molar-refractivity contribution in [3.05, 3.63) is 72.7 Å². The molecule has 4 heteroatoms. The van der Waals surface area contributed by atoms with E-state index in [9.17, 15) is 4.79 Å². The lowest BCUT2D eigenvalue weighted by atomic mass is 9.97. The van der Waals surface area contributed by atoms with Gasteiger partial charge in [-0.2, -0.15) is 0 Å². The molecule has 0 radical (unpaired) electrons. The molecule has 0 N–H and O–H groups in total. The van der Waals surface area contributed by atoms with Crippen LogP contribution in [0.3, 0.4) is 0 Å². The Balaban J connectivity index is 2.24. The summed E-state index contributed by atoms with van der Waals surface area (Å²) < 4.78 is 0. The van der Waals surface area contributed by atoms with Crippen LogP contribution in [0.1, 0.15) is 24.3 Å². The average Bonchev–Trinajstić information content (AvgIpc) is 2.69. The van der Waals surface area contributed by atoms with E-state index < -0.39 is 0 Å². The van der Waals surface area contributed by atoms with Gasteiger partial charge in [0.1, 0.15) is 12.0 Å². The lowest BCUT2D eigenvalue weighted by molar-refractivity contribution is 0.0768. The van der Waals surface area contributed by atoms with E-state index in [1.165, 1.54) is 6.33 Å². The molecule has 3 rings (SSSR count). The second-order valence-electron chi connectivity index (χ2n) is 5.66. The van der Waals surface area contributed by atoms with Gasteiger partial charge in [0, 0.05) is 24.2 Å². The summed E-state index contributed by atoms with van der Waals surface area (Å²) in [6.07, 6.45) is 1.48. The lowest BCUT2D eigenvalue weighted by Crippen LogP contribution is -2.31. The number of amides is 1. The lowest BCUT2D eigenvalue weighted by Gasteiger charge is -2.20. The number of carbonyl (C=O) groups is 1. The van der Waals surface area contributed by atoms with Gasteiger partial charge in [0.25, 0.3) is 5.91 Å². The molecule has 0 saturated carbocycles. The smallest absolute Gasteiger partial charge is 0.273 e. The number of aromatic nitrogens is 2. The molecule has 126 valence electrons. The maximum absolute atomic E-state index is 13.0. The molecule has 0 aliphatic carbocycles. The van der Waals surface area contributed by atoms with Gasteiger partial charge in [0.15, 0.2) is 0 Å². The molecule has 0 aliphatic rings. The first kappa shape index (κ1) is 16.8. The molecule has 1 heterocycles. The fraction of sp³-hybridized carbons (Fsp3) is 0.190. The summed E-state index contributed by atoms with van der Waals surface area (Å²) in [5.74, 6) is -0.0663. The van der Waals surface area contributed by atoms with Gasteiger partial charge < -0.3 is 4.90 Å². The summed E-state index contributed by atoms with van der Waals surface area (Å²) in [6, 6.07) is 19.8. The third-order valence-corrected chi connectivity index (χ3v) is 4.21. The van der Waals surface area contributed by atoms with Gasteiger partial charge in [0.05, 0.1) is 5.69 Å². The Kier molecular flexibility index (Phi) is 5.19. The topological polar surface area (TPSA) is 46.1 Å². The van der Waals surface area contributed by atoms with Crippen molar-refractivity contribution in [3.63, 3.8) is 0 Å². The Hall–Kier alpha value is -3.01. The molecule has 0 saturated heterocycles. The van der Waals surface area contributed by atoms with Crippen molar-refractivity contribution in [2.45, 2.75) is 13.8 Å². The van der Waals surface area contributed by atoms with Crippen LogP contribution in [0, 0.1) is 0 Å². The first-order valence-electron chi connectivity index (χ1n) is 8.51. The zero-order chi connectivity index (χ0) is 17.6. The van der Waals surface area contributed by atoms with Crippen LogP contribution in [0.15, 0.2) is 67.0 Å². The molecule has 0 fully saturated rings. The number of rotatable bonds is 5. The summed E-state index contributed by atoms with van der Waals surface area (Å²) >= 11 is 0. The summed E-state index contributed by atoms with van der Waals surface area (Å²) in [6.45, 7) is 5.24. The first-order valence-corrected chi connectivity index (χ1v) is 8.51. The van der Waals surface area contributed by atoms with E-state index in [1.54, 1.807) is 4.90 Å². The van der Waals surface area contributed by atoms with Crippen molar-refractivity contribution in [2.75, 3.05) is 13.1 Å². The van der Waals surface area contributed by atoms with Crippen molar-refractivity contribution in [1.82, 2.24) is 14.9 Å². The molecule has 0 aliphatic heterocycles. The molecule has 1 amide bonds. The van der Waals surface area contributed by atoms with E-state index in [2.05, 4.69) is 9.97 Å².